The predicted molar refractivity (Wildman–Crippen MR) is 74.9 cm³/mol. The number of aromatic amines is 1. The highest BCUT2D eigenvalue weighted by atomic mass is 16.3. The summed E-state index contributed by atoms with van der Waals surface area (Å²) in [6, 6.07) is 11.5. The normalized spacial score (nSPS) is 10.7. The number of fused-ring (bicyclic) bond motifs is 1. The summed E-state index contributed by atoms with van der Waals surface area (Å²) in [6.07, 6.45) is 2.35. The molecule has 2 N–H and O–H groups in total. The Morgan fingerprint density at radius 1 is 1.21 bits per heavy atom. The topological polar surface area (TPSA) is 61.8 Å². The number of nitrogens with zero attached hydrogens (tertiary/aromatic N) is 2. The molecule has 0 saturated heterocycles. The van der Waals surface area contributed by atoms with E-state index in [1.54, 1.807) is 6.08 Å². The molecule has 94 valence electrons. The number of phenols is 1. The molecule has 1 aromatic heterocycles. The zero-order chi connectivity index (χ0) is 13.2. The van der Waals surface area contributed by atoms with Gasteiger partial charge in [0.25, 0.3) is 0 Å². The number of phenolic OH excluding ortho intramolecular Hbond substituents is 1. The molecule has 19 heavy (non-hydrogen) atoms. The molecule has 0 aliphatic rings. The van der Waals surface area contributed by atoms with E-state index in [1.807, 2.05) is 36.4 Å². The maximum Gasteiger partial charge on any atom is 0.129 e. The first-order chi connectivity index (χ1) is 9.31. The van der Waals surface area contributed by atoms with Crippen LogP contribution in [-0.2, 0) is 6.42 Å². The molecule has 4 heteroatoms. The number of hydrogen-bond donors (Lipinski definition) is 2. The number of nitrogens with one attached hydrogen (secondary N) is 1. The fourth-order valence-corrected chi connectivity index (χ4v) is 2.22. The summed E-state index contributed by atoms with van der Waals surface area (Å²) in [5.74, 6) is 0.243. The van der Waals surface area contributed by atoms with E-state index >= 15 is 0 Å². The molecule has 3 aromatic rings. The van der Waals surface area contributed by atoms with Crippen molar-refractivity contribution in [3.05, 3.63) is 54.6 Å². The molecule has 4 nitrogen and oxygen atoms in total. The van der Waals surface area contributed by atoms with Crippen LogP contribution in [0.15, 0.2) is 49.1 Å². The van der Waals surface area contributed by atoms with Crippen LogP contribution in [0.1, 0.15) is 5.56 Å². The molecular weight excluding hydrogens is 238 g/mol. The Kier molecular flexibility index (Phi) is 2.76. The number of allylic oxidation sites excluding steroid dienone is 1. The van der Waals surface area contributed by atoms with Crippen molar-refractivity contribution >= 4 is 11.0 Å². The summed E-state index contributed by atoms with van der Waals surface area (Å²) in [5, 5.41) is 21.3. The molecule has 0 atom stereocenters. The average molecular weight is 251 g/mol. The summed E-state index contributed by atoms with van der Waals surface area (Å²) in [5.41, 5.74) is 3.86. The monoisotopic (exact) mass is 251 g/mol. The van der Waals surface area contributed by atoms with Crippen molar-refractivity contribution in [2.75, 3.05) is 0 Å². The molecule has 2 aromatic carbocycles. The second kappa shape index (κ2) is 4.57. The van der Waals surface area contributed by atoms with Gasteiger partial charge in [0.15, 0.2) is 0 Å². The minimum Gasteiger partial charge on any atom is -0.507 e. The smallest absolute Gasteiger partial charge is 0.129 e. The van der Waals surface area contributed by atoms with E-state index < -0.39 is 0 Å². The molecule has 1 heterocycles. The average Bonchev–Trinajstić information content (AvgIpc) is 2.88. The Labute approximate surface area is 110 Å². The first-order valence-corrected chi connectivity index (χ1v) is 6.03. The van der Waals surface area contributed by atoms with Gasteiger partial charge in [-0.2, -0.15) is 15.4 Å². The number of aromatic nitrogens is 3. The fraction of sp³-hybridized carbons (Fsp3) is 0.0667. The van der Waals surface area contributed by atoms with E-state index in [0.29, 0.717) is 17.5 Å². The number of hydrogen-bond acceptors (Lipinski definition) is 3. The Morgan fingerprint density at radius 2 is 2.00 bits per heavy atom. The minimum atomic E-state index is 0.243. The van der Waals surface area contributed by atoms with Gasteiger partial charge in [0, 0.05) is 5.56 Å². The fourth-order valence-electron chi connectivity index (χ4n) is 2.22. The zero-order valence-corrected chi connectivity index (χ0v) is 10.3. The van der Waals surface area contributed by atoms with E-state index in [-0.39, 0.29) is 5.75 Å². The van der Waals surface area contributed by atoms with E-state index in [9.17, 15) is 5.11 Å². The van der Waals surface area contributed by atoms with Gasteiger partial charge in [0.1, 0.15) is 16.8 Å². The quantitative estimate of drug-likeness (QED) is 0.703. The number of benzene rings is 2. The molecule has 0 aliphatic heterocycles. The lowest BCUT2D eigenvalue weighted by Gasteiger charge is -2.09. The SMILES string of the molecule is C=CCc1cc2n[nH]nc2c(-c2ccccc2)c1O. The van der Waals surface area contributed by atoms with Crippen molar-refractivity contribution < 1.29 is 5.11 Å². The predicted octanol–water partition coefficient (Wildman–Crippen LogP) is 3.06. The summed E-state index contributed by atoms with van der Waals surface area (Å²) >= 11 is 0. The van der Waals surface area contributed by atoms with Crippen LogP contribution in [0.4, 0.5) is 0 Å². The summed E-state index contributed by atoms with van der Waals surface area (Å²) < 4.78 is 0. The van der Waals surface area contributed by atoms with E-state index in [0.717, 1.165) is 16.6 Å². The van der Waals surface area contributed by atoms with Gasteiger partial charge < -0.3 is 5.11 Å². The van der Waals surface area contributed by atoms with Crippen molar-refractivity contribution in [3.8, 4) is 16.9 Å². The van der Waals surface area contributed by atoms with Crippen LogP contribution in [0.25, 0.3) is 22.2 Å². The first-order valence-electron chi connectivity index (χ1n) is 6.03. The molecule has 0 saturated carbocycles. The standard InChI is InChI=1S/C15H13N3O/c1-2-6-11-9-12-14(17-18-16-12)13(15(11)19)10-7-4-3-5-8-10/h2-5,7-9,19H,1,6H2,(H,16,17,18). The molecule has 0 bridgehead atoms. The third-order valence-electron chi connectivity index (χ3n) is 3.09. The Bertz CT molecular complexity index is 732. The van der Waals surface area contributed by atoms with Crippen LogP contribution in [0.2, 0.25) is 0 Å². The van der Waals surface area contributed by atoms with E-state index in [4.69, 9.17) is 0 Å². The summed E-state index contributed by atoms with van der Waals surface area (Å²) in [7, 11) is 0. The molecule has 0 aliphatic carbocycles. The third kappa shape index (κ3) is 1.87. The Balaban J connectivity index is 2.35. The molecular formula is C15H13N3O. The van der Waals surface area contributed by atoms with Gasteiger partial charge >= 0.3 is 0 Å². The Hall–Kier alpha value is -2.62. The first kappa shape index (κ1) is 11.5. The van der Waals surface area contributed by atoms with Crippen LogP contribution < -0.4 is 0 Å². The minimum absolute atomic E-state index is 0.243. The lowest BCUT2D eigenvalue weighted by molar-refractivity contribution is 0.472. The van der Waals surface area contributed by atoms with Gasteiger partial charge in [-0.15, -0.1) is 6.58 Å². The number of H-pyrrole nitrogens is 1. The lowest BCUT2D eigenvalue weighted by atomic mass is 9.98. The van der Waals surface area contributed by atoms with Crippen LogP contribution in [0.5, 0.6) is 5.75 Å². The lowest BCUT2D eigenvalue weighted by Crippen LogP contribution is -1.89. The summed E-state index contributed by atoms with van der Waals surface area (Å²) in [6.45, 7) is 3.71. The molecule has 0 amide bonds. The maximum atomic E-state index is 10.5. The zero-order valence-electron chi connectivity index (χ0n) is 10.3. The van der Waals surface area contributed by atoms with Crippen molar-refractivity contribution in [1.82, 2.24) is 15.4 Å². The largest absolute Gasteiger partial charge is 0.507 e. The molecule has 0 radical (unpaired) electrons. The Morgan fingerprint density at radius 3 is 2.74 bits per heavy atom. The highest BCUT2D eigenvalue weighted by Crippen LogP contribution is 2.37. The van der Waals surface area contributed by atoms with Crippen molar-refractivity contribution in [1.29, 1.82) is 0 Å². The van der Waals surface area contributed by atoms with Crippen molar-refractivity contribution in [3.63, 3.8) is 0 Å². The molecule has 0 fully saturated rings. The van der Waals surface area contributed by atoms with Crippen LogP contribution in [0.3, 0.4) is 0 Å². The number of aromatic hydroxyl groups is 1. The van der Waals surface area contributed by atoms with E-state index in [2.05, 4.69) is 22.0 Å². The van der Waals surface area contributed by atoms with Gasteiger partial charge in [0.2, 0.25) is 0 Å². The van der Waals surface area contributed by atoms with Crippen LogP contribution in [0, 0.1) is 0 Å². The van der Waals surface area contributed by atoms with E-state index in [1.165, 1.54) is 0 Å². The van der Waals surface area contributed by atoms with Gasteiger partial charge in [-0.1, -0.05) is 36.4 Å². The van der Waals surface area contributed by atoms with Crippen LogP contribution in [-0.4, -0.2) is 20.5 Å². The third-order valence-corrected chi connectivity index (χ3v) is 3.09. The summed E-state index contributed by atoms with van der Waals surface area (Å²) in [4.78, 5) is 0. The second-order valence-electron chi connectivity index (χ2n) is 4.31. The molecule has 0 unspecified atom stereocenters. The second-order valence-corrected chi connectivity index (χ2v) is 4.31. The number of rotatable bonds is 3. The van der Waals surface area contributed by atoms with Gasteiger partial charge in [0.05, 0.1) is 5.56 Å². The molecule has 0 spiro atoms. The van der Waals surface area contributed by atoms with Gasteiger partial charge in [-0.05, 0) is 18.1 Å². The highest BCUT2D eigenvalue weighted by molar-refractivity contribution is 5.96. The maximum absolute atomic E-state index is 10.5. The van der Waals surface area contributed by atoms with Crippen molar-refractivity contribution in [2.45, 2.75) is 6.42 Å². The van der Waals surface area contributed by atoms with Gasteiger partial charge in [-0.3, -0.25) is 0 Å². The van der Waals surface area contributed by atoms with Crippen molar-refractivity contribution in [2.24, 2.45) is 0 Å². The molecule has 3 rings (SSSR count). The van der Waals surface area contributed by atoms with Gasteiger partial charge in [-0.25, -0.2) is 0 Å². The van der Waals surface area contributed by atoms with Crippen LogP contribution >= 0.6 is 0 Å². The highest BCUT2D eigenvalue weighted by Gasteiger charge is 2.16.